The van der Waals surface area contributed by atoms with E-state index in [0.717, 1.165) is 16.6 Å². The summed E-state index contributed by atoms with van der Waals surface area (Å²) < 4.78 is 5.08. The molecule has 0 aliphatic carbocycles. The molecule has 0 bridgehead atoms. The van der Waals surface area contributed by atoms with Crippen molar-refractivity contribution >= 4 is 22.3 Å². The van der Waals surface area contributed by atoms with Crippen molar-refractivity contribution in [3.8, 4) is 0 Å². The lowest BCUT2D eigenvalue weighted by Crippen LogP contribution is -2.06. The number of aryl methyl sites for hydroxylation is 1. The van der Waals surface area contributed by atoms with E-state index in [-0.39, 0.29) is 0 Å². The molecular weight excluding hydrogens is 254 g/mol. The third-order valence-electron chi connectivity index (χ3n) is 3.03. The molecule has 0 unspecified atom stereocenters. The molecule has 102 valence electrons. The van der Waals surface area contributed by atoms with E-state index >= 15 is 0 Å². The van der Waals surface area contributed by atoms with Gasteiger partial charge >= 0.3 is 0 Å². The van der Waals surface area contributed by atoms with Crippen LogP contribution in [0.1, 0.15) is 11.7 Å². The first kappa shape index (κ1) is 12.4. The molecule has 0 fully saturated rings. The van der Waals surface area contributed by atoms with E-state index in [1.165, 1.54) is 0 Å². The first-order valence-electron chi connectivity index (χ1n) is 6.40. The van der Waals surface area contributed by atoms with Gasteiger partial charge in [-0.3, -0.25) is 4.98 Å². The van der Waals surface area contributed by atoms with Gasteiger partial charge in [0.2, 0.25) is 5.89 Å². The molecule has 0 aliphatic rings. The van der Waals surface area contributed by atoms with Gasteiger partial charge in [-0.2, -0.15) is 4.98 Å². The number of pyridine rings is 1. The summed E-state index contributed by atoms with van der Waals surface area (Å²) in [7, 11) is 0. The molecule has 20 heavy (non-hydrogen) atoms. The molecule has 2 aromatic heterocycles. The van der Waals surface area contributed by atoms with Crippen LogP contribution in [-0.4, -0.2) is 21.7 Å². The summed E-state index contributed by atoms with van der Waals surface area (Å²) in [6.45, 7) is 2.51. The number of fused-ring (bicyclic) bond motifs is 1. The Morgan fingerprint density at radius 1 is 1.30 bits per heavy atom. The van der Waals surface area contributed by atoms with E-state index in [1.54, 1.807) is 13.1 Å². The van der Waals surface area contributed by atoms with E-state index in [9.17, 15) is 0 Å². The van der Waals surface area contributed by atoms with Crippen molar-refractivity contribution in [1.29, 1.82) is 0 Å². The molecule has 1 aromatic carbocycles. The summed E-state index contributed by atoms with van der Waals surface area (Å²) in [5, 5.41) is 8.12. The Labute approximate surface area is 116 Å². The van der Waals surface area contributed by atoms with Crippen LogP contribution in [0.2, 0.25) is 0 Å². The number of nitrogens with zero attached hydrogens (tertiary/aromatic N) is 3. The quantitative estimate of drug-likeness (QED) is 0.705. The number of para-hydroxylation sites is 1. The van der Waals surface area contributed by atoms with Gasteiger partial charge in [-0.15, -0.1) is 0 Å². The van der Waals surface area contributed by atoms with E-state index in [0.29, 0.717) is 30.4 Å². The predicted molar refractivity (Wildman–Crippen MR) is 77.4 cm³/mol. The fourth-order valence-corrected chi connectivity index (χ4v) is 2.10. The van der Waals surface area contributed by atoms with Crippen molar-refractivity contribution in [2.75, 3.05) is 17.6 Å². The molecule has 0 saturated carbocycles. The molecule has 6 heteroatoms. The average molecular weight is 269 g/mol. The number of nitrogens with two attached hydrogens (primary N) is 1. The number of hydrogen-bond acceptors (Lipinski definition) is 6. The normalized spacial score (nSPS) is 10.8. The molecule has 3 rings (SSSR count). The van der Waals surface area contributed by atoms with Crippen LogP contribution in [0, 0.1) is 6.92 Å². The molecule has 0 spiro atoms. The maximum absolute atomic E-state index is 5.92. The van der Waals surface area contributed by atoms with Gasteiger partial charge in [-0.25, -0.2) is 0 Å². The summed E-state index contributed by atoms with van der Waals surface area (Å²) in [5.74, 6) is 1.29. The smallest absolute Gasteiger partial charge is 0.228 e. The average Bonchev–Trinajstić information content (AvgIpc) is 2.86. The number of hydrogen-bond donors (Lipinski definition) is 2. The topological polar surface area (TPSA) is 89.9 Å². The second-order valence-corrected chi connectivity index (χ2v) is 4.51. The van der Waals surface area contributed by atoms with Crippen LogP contribution in [0.25, 0.3) is 10.9 Å². The molecule has 2 heterocycles. The van der Waals surface area contributed by atoms with Gasteiger partial charge in [0.05, 0.1) is 11.2 Å². The van der Waals surface area contributed by atoms with Crippen molar-refractivity contribution in [2.24, 2.45) is 0 Å². The number of nitrogen functional groups attached to an aromatic ring is 1. The summed E-state index contributed by atoms with van der Waals surface area (Å²) in [6.07, 6.45) is 2.42. The van der Waals surface area contributed by atoms with Gasteiger partial charge in [0.1, 0.15) is 0 Å². The maximum Gasteiger partial charge on any atom is 0.228 e. The van der Waals surface area contributed by atoms with Crippen molar-refractivity contribution in [3.05, 3.63) is 42.2 Å². The number of anilines is 2. The molecule has 0 atom stereocenters. The third-order valence-corrected chi connectivity index (χ3v) is 3.03. The lowest BCUT2D eigenvalue weighted by atomic mass is 10.1. The zero-order valence-electron chi connectivity index (χ0n) is 11.1. The summed E-state index contributed by atoms with van der Waals surface area (Å²) in [4.78, 5) is 8.47. The minimum atomic E-state index is 0.632. The standard InChI is InChI=1S/C14H15N5O/c1-9-18-13(20-19-9)6-8-16-12-5-7-17-14-10(12)3-2-4-11(14)15/h2-5,7H,6,8,15H2,1H3,(H,16,17). The fraction of sp³-hybridized carbons (Fsp3) is 0.214. The highest BCUT2D eigenvalue weighted by atomic mass is 16.5. The van der Waals surface area contributed by atoms with Crippen LogP contribution in [0.15, 0.2) is 35.0 Å². The van der Waals surface area contributed by atoms with Crippen LogP contribution in [-0.2, 0) is 6.42 Å². The van der Waals surface area contributed by atoms with Crippen LogP contribution in [0.4, 0.5) is 11.4 Å². The lowest BCUT2D eigenvalue weighted by molar-refractivity contribution is 0.377. The molecular formula is C14H15N5O. The molecule has 6 nitrogen and oxygen atoms in total. The highest BCUT2D eigenvalue weighted by molar-refractivity contribution is 5.97. The Kier molecular flexibility index (Phi) is 3.20. The van der Waals surface area contributed by atoms with Crippen molar-refractivity contribution < 1.29 is 4.52 Å². The second-order valence-electron chi connectivity index (χ2n) is 4.51. The number of benzene rings is 1. The molecule has 0 amide bonds. The zero-order chi connectivity index (χ0) is 13.9. The lowest BCUT2D eigenvalue weighted by Gasteiger charge is -2.09. The maximum atomic E-state index is 5.92. The summed E-state index contributed by atoms with van der Waals surface area (Å²) >= 11 is 0. The van der Waals surface area contributed by atoms with Gasteiger partial charge in [0.15, 0.2) is 5.82 Å². The van der Waals surface area contributed by atoms with Gasteiger partial charge < -0.3 is 15.6 Å². The largest absolute Gasteiger partial charge is 0.397 e. The molecule has 3 N–H and O–H groups in total. The molecule has 0 radical (unpaired) electrons. The zero-order valence-corrected chi connectivity index (χ0v) is 11.1. The van der Waals surface area contributed by atoms with Gasteiger partial charge in [-0.05, 0) is 19.1 Å². The fourth-order valence-electron chi connectivity index (χ4n) is 2.10. The van der Waals surface area contributed by atoms with Crippen molar-refractivity contribution in [3.63, 3.8) is 0 Å². The monoisotopic (exact) mass is 269 g/mol. The number of rotatable bonds is 4. The Balaban J connectivity index is 1.76. The van der Waals surface area contributed by atoms with E-state index in [2.05, 4.69) is 20.4 Å². The van der Waals surface area contributed by atoms with E-state index in [1.807, 2.05) is 24.3 Å². The number of aromatic nitrogens is 3. The Hall–Kier alpha value is -2.63. The Morgan fingerprint density at radius 2 is 2.20 bits per heavy atom. The van der Waals surface area contributed by atoms with E-state index < -0.39 is 0 Å². The van der Waals surface area contributed by atoms with Crippen molar-refractivity contribution in [2.45, 2.75) is 13.3 Å². The summed E-state index contributed by atoms with van der Waals surface area (Å²) in [5.41, 5.74) is 8.41. The Morgan fingerprint density at radius 3 is 3.00 bits per heavy atom. The SMILES string of the molecule is Cc1noc(CCNc2ccnc3c(N)cccc23)n1. The molecule has 0 saturated heterocycles. The van der Waals surface area contributed by atoms with Gasteiger partial charge in [-0.1, -0.05) is 17.3 Å². The van der Waals surface area contributed by atoms with E-state index in [4.69, 9.17) is 10.3 Å². The van der Waals surface area contributed by atoms with Crippen LogP contribution < -0.4 is 11.1 Å². The van der Waals surface area contributed by atoms with Crippen molar-refractivity contribution in [1.82, 2.24) is 15.1 Å². The first-order valence-corrected chi connectivity index (χ1v) is 6.40. The number of nitrogens with one attached hydrogen (secondary N) is 1. The third kappa shape index (κ3) is 2.40. The Bertz CT molecular complexity index is 737. The van der Waals surface area contributed by atoms with Gasteiger partial charge in [0.25, 0.3) is 0 Å². The summed E-state index contributed by atoms with van der Waals surface area (Å²) in [6, 6.07) is 7.70. The van der Waals surface area contributed by atoms with Crippen LogP contribution in [0.3, 0.4) is 0 Å². The van der Waals surface area contributed by atoms with Crippen LogP contribution >= 0.6 is 0 Å². The van der Waals surface area contributed by atoms with Gasteiger partial charge in [0, 0.05) is 30.2 Å². The first-order chi connectivity index (χ1) is 9.74. The molecule has 3 aromatic rings. The minimum absolute atomic E-state index is 0.632. The van der Waals surface area contributed by atoms with Crippen LogP contribution in [0.5, 0.6) is 0 Å². The highest BCUT2D eigenvalue weighted by Crippen LogP contribution is 2.25. The second kappa shape index (κ2) is 5.16. The predicted octanol–water partition coefficient (Wildman–Crippen LogP) is 2.16. The minimum Gasteiger partial charge on any atom is -0.397 e. The highest BCUT2D eigenvalue weighted by Gasteiger charge is 2.05. The molecule has 0 aliphatic heterocycles.